The van der Waals surface area contributed by atoms with Gasteiger partial charge in [-0.25, -0.2) is 0 Å². The monoisotopic (exact) mass is 268 g/mol. The van der Waals surface area contributed by atoms with Gasteiger partial charge in [-0.15, -0.1) is 0 Å². The van der Waals surface area contributed by atoms with Gasteiger partial charge in [0.25, 0.3) is 0 Å². The number of esters is 3. The van der Waals surface area contributed by atoms with E-state index in [1.54, 1.807) is 0 Å². The summed E-state index contributed by atoms with van der Waals surface area (Å²) in [5.74, 6) is -1.33. The molecule has 0 spiro atoms. The molecule has 6 atom stereocenters. The molecule has 6 heteroatoms. The van der Waals surface area contributed by atoms with Crippen LogP contribution in [0.25, 0.3) is 0 Å². The molecule has 104 valence electrons. The third kappa shape index (κ3) is 1.81. The number of hydrogen-bond acceptors (Lipinski definition) is 6. The van der Waals surface area contributed by atoms with Gasteiger partial charge in [-0.2, -0.15) is 0 Å². The highest BCUT2D eigenvalue weighted by Crippen LogP contribution is 2.57. The van der Waals surface area contributed by atoms with E-state index in [4.69, 9.17) is 14.2 Å². The molecule has 0 unspecified atom stereocenters. The Kier molecular flexibility index (Phi) is 2.76. The first-order valence-electron chi connectivity index (χ1n) is 6.50. The number of cyclic esters (lactones) is 1. The van der Waals surface area contributed by atoms with Crippen molar-refractivity contribution in [2.24, 2.45) is 23.7 Å². The van der Waals surface area contributed by atoms with Crippen molar-refractivity contribution in [1.29, 1.82) is 0 Å². The summed E-state index contributed by atoms with van der Waals surface area (Å²) in [6, 6.07) is 0. The fourth-order valence-electron chi connectivity index (χ4n) is 4.02. The number of fused-ring (bicyclic) bond motifs is 5. The van der Waals surface area contributed by atoms with Gasteiger partial charge in [-0.3, -0.25) is 14.4 Å². The van der Waals surface area contributed by atoms with Crippen LogP contribution in [0.3, 0.4) is 0 Å². The minimum absolute atomic E-state index is 0.0000463. The third-order valence-corrected chi connectivity index (χ3v) is 4.46. The topological polar surface area (TPSA) is 78.9 Å². The van der Waals surface area contributed by atoms with Gasteiger partial charge in [0.05, 0.1) is 12.5 Å². The van der Waals surface area contributed by atoms with E-state index in [1.165, 1.54) is 13.8 Å². The molecule has 0 radical (unpaired) electrons. The van der Waals surface area contributed by atoms with E-state index in [9.17, 15) is 14.4 Å². The van der Waals surface area contributed by atoms with E-state index in [1.807, 2.05) is 0 Å². The van der Waals surface area contributed by atoms with Crippen LogP contribution in [-0.2, 0) is 28.6 Å². The van der Waals surface area contributed by atoms with Crippen LogP contribution in [0.1, 0.15) is 20.3 Å². The van der Waals surface area contributed by atoms with Crippen molar-refractivity contribution in [3.05, 3.63) is 0 Å². The minimum Gasteiger partial charge on any atom is -0.465 e. The lowest BCUT2D eigenvalue weighted by Crippen LogP contribution is -2.35. The van der Waals surface area contributed by atoms with Crippen LogP contribution in [0.15, 0.2) is 0 Å². The molecule has 2 bridgehead atoms. The quantitative estimate of drug-likeness (QED) is 0.529. The zero-order chi connectivity index (χ0) is 13.7. The van der Waals surface area contributed by atoms with Crippen LogP contribution in [0.4, 0.5) is 0 Å². The normalized spacial score (nSPS) is 42.7. The maximum absolute atomic E-state index is 11.7. The van der Waals surface area contributed by atoms with Crippen LogP contribution in [-0.4, -0.2) is 36.7 Å². The second-order valence-electron chi connectivity index (χ2n) is 5.52. The van der Waals surface area contributed by atoms with Crippen LogP contribution in [0.2, 0.25) is 0 Å². The lowest BCUT2D eigenvalue weighted by atomic mass is 9.80. The lowest BCUT2D eigenvalue weighted by molar-refractivity contribution is -0.155. The van der Waals surface area contributed by atoms with Crippen molar-refractivity contribution in [3.63, 3.8) is 0 Å². The molecular formula is C13H16O6. The van der Waals surface area contributed by atoms with Crippen molar-refractivity contribution in [2.45, 2.75) is 32.5 Å². The number of carbonyl (C=O) groups excluding carboxylic acids is 3. The Balaban J connectivity index is 1.85. The van der Waals surface area contributed by atoms with Crippen LogP contribution >= 0.6 is 0 Å². The number of ether oxygens (including phenoxy) is 3. The summed E-state index contributed by atoms with van der Waals surface area (Å²) in [5.41, 5.74) is 0. The van der Waals surface area contributed by atoms with Gasteiger partial charge >= 0.3 is 17.9 Å². The first kappa shape index (κ1) is 12.4. The summed E-state index contributed by atoms with van der Waals surface area (Å²) in [4.78, 5) is 34.1. The zero-order valence-electron chi connectivity index (χ0n) is 10.8. The molecule has 3 aliphatic rings. The Morgan fingerprint density at radius 1 is 1.16 bits per heavy atom. The molecule has 1 aliphatic heterocycles. The molecule has 19 heavy (non-hydrogen) atoms. The summed E-state index contributed by atoms with van der Waals surface area (Å²) in [6.45, 7) is 3.05. The van der Waals surface area contributed by atoms with Crippen LogP contribution in [0, 0.1) is 23.7 Å². The molecule has 2 aliphatic carbocycles. The van der Waals surface area contributed by atoms with E-state index in [0.29, 0.717) is 13.0 Å². The molecule has 3 fully saturated rings. The van der Waals surface area contributed by atoms with Gasteiger partial charge in [-0.1, -0.05) is 0 Å². The van der Waals surface area contributed by atoms with E-state index in [-0.39, 0.29) is 53.8 Å². The maximum Gasteiger partial charge on any atom is 0.309 e. The van der Waals surface area contributed by atoms with Gasteiger partial charge in [0.2, 0.25) is 0 Å². The van der Waals surface area contributed by atoms with Crippen molar-refractivity contribution in [3.8, 4) is 0 Å². The average Bonchev–Trinajstić information content (AvgIpc) is 2.89. The van der Waals surface area contributed by atoms with Crippen molar-refractivity contribution < 1.29 is 28.6 Å². The van der Waals surface area contributed by atoms with E-state index >= 15 is 0 Å². The van der Waals surface area contributed by atoms with Crippen molar-refractivity contribution in [2.75, 3.05) is 6.61 Å². The molecule has 0 N–H and O–H groups in total. The number of hydrogen-bond donors (Lipinski definition) is 0. The van der Waals surface area contributed by atoms with Gasteiger partial charge in [0, 0.05) is 31.6 Å². The van der Waals surface area contributed by atoms with E-state index < -0.39 is 0 Å². The molecule has 6 nitrogen and oxygen atoms in total. The summed E-state index contributed by atoms with van der Waals surface area (Å²) in [6.07, 6.45) is -0.0364. The van der Waals surface area contributed by atoms with Crippen LogP contribution < -0.4 is 0 Å². The zero-order valence-corrected chi connectivity index (χ0v) is 10.8. The van der Waals surface area contributed by atoms with E-state index in [0.717, 1.165) is 0 Å². The predicted octanol–water partition coefficient (Wildman–Crippen LogP) is 0.289. The largest absolute Gasteiger partial charge is 0.465 e. The fourth-order valence-corrected chi connectivity index (χ4v) is 4.02. The number of carbonyl (C=O) groups is 3. The Labute approximate surface area is 110 Å². The summed E-state index contributed by atoms with van der Waals surface area (Å²) in [5, 5.41) is 0. The lowest BCUT2D eigenvalue weighted by Gasteiger charge is -2.27. The SMILES string of the molecule is CC(=O)O[C@H]1[C@@H]2C[C@@H](OC(C)=O)[C@H]1[C@@H]1COC(=O)[C@H]12. The molecule has 1 saturated heterocycles. The fraction of sp³-hybridized carbons (Fsp3) is 0.769. The summed E-state index contributed by atoms with van der Waals surface area (Å²) in [7, 11) is 0. The van der Waals surface area contributed by atoms with Gasteiger partial charge in [0.1, 0.15) is 12.2 Å². The van der Waals surface area contributed by atoms with E-state index in [2.05, 4.69) is 0 Å². The van der Waals surface area contributed by atoms with Gasteiger partial charge < -0.3 is 14.2 Å². The first-order chi connectivity index (χ1) is 8.99. The molecule has 1 heterocycles. The molecular weight excluding hydrogens is 252 g/mol. The summed E-state index contributed by atoms with van der Waals surface area (Å²) >= 11 is 0. The van der Waals surface area contributed by atoms with Crippen LogP contribution in [0.5, 0.6) is 0 Å². The number of rotatable bonds is 2. The second kappa shape index (κ2) is 4.21. The molecule has 0 aromatic heterocycles. The molecule has 0 aromatic carbocycles. The smallest absolute Gasteiger partial charge is 0.309 e. The molecule has 2 saturated carbocycles. The molecule has 0 amide bonds. The highest BCUT2D eigenvalue weighted by atomic mass is 16.6. The third-order valence-electron chi connectivity index (χ3n) is 4.46. The standard InChI is InChI=1S/C13H16O6/c1-5(14)18-9-3-7-10-8(4-17-13(10)16)11(9)12(7)19-6(2)15/h7-12H,3-4H2,1-2H3/t7-,8-,9-,10+,11-,12+/m1/s1. The Morgan fingerprint density at radius 3 is 2.47 bits per heavy atom. The maximum atomic E-state index is 11.7. The van der Waals surface area contributed by atoms with Gasteiger partial charge in [-0.05, 0) is 6.42 Å². The molecule has 0 aromatic rings. The predicted molar refractivity (Wildman–Crippen MR) is 60.6 cm³/mol. The Bertz CT molecular complexity index is 444. The average molecular weight is 268 g/mol. The van der Waals surface area contributed by atoms with Gasteiger partial charge in [0.15, 0.2) is 0 Å². The highest BCUT2D eigenvalue weighted by molar-refractivity contribution is 5.77. The molecule has 3 rings (SSSR count). The van der Waals surface area contributed by atoms with Crippen molar-refractivity contribution >= 4 is 17.9 Å². The second-order valence-corrected chi connectivity index (χ2v) is 5.52. The summed E-state index contributed by atoms with van der Waals surface area (Å²) < 4.78 is 15.7. The van der Waals surface area contributed by atoms with Crippen molar-refractivity contribution in [1.82, 2.24) is 0 Å². The Morgan fingerprint density at radius 2 is 1.84 bits per heavy atom. The first-order valence-corrected chi connectivity index (χ1v) is 6.50. The minimum atomic E-state index is -0.364. The Hall–Kier alpha value is -1.59. The highest BCUT2D eigenvalue weighted by Gasteiger charge is 2.66.